The number of esters is 1. The summed E-state index contributed by atoms with van der Waals surface area (Å²) < 4.78 is 16.2. The molecule has 0 aromatic heterocycles. The Kier molecular flexibility index (Phi) is 5.04. The number of para-hydroxylation sites is 1. The molecular weight excluding hydrogens is 330 g/mol. The highest BCUT2D eigenvalue weighted by Crippen LogP contribution is 2.38. The Hall–Kier alpha value is -3.52. The molecule has 0 fully saturated rings. The van der Waals surface area contributed by atoms with E-state index in [1.54, 1.807) is 26.2 Å². The first kappa shape index (κ1) is 17.3. The second kappa shape index (κ2) is 7.58. The zero-order chi connectivity index (χ0) is 18.5. The lowest BCUT2D eigenvalue weighted by atomic mass is 9.95. The number of nitrogens with zero attached hydrogens (tertiary/aromatic N) is 1. The largest absolute Gasteiger partial charge is 0.497 e. The van der Waals surface area contributed by atoms with Crippen LogP contribution < -0.4 is 9.47 Å². The van der Waals surface area contributed by atoms with Gasteiger partial charge in [0.1, 0.15) is 28.9 Å². The maximum atomic E-state index is 12.2. The molecule has 0 aliphatic carbocycles. The molecule has 0 bridgehead atoms. The van der Waals surface area contributed by atoms with Gasteiger partial charge in [0.15, 0.2) is 0 Å². The van der Waals surface area contributed by atoms with E-state index in [0.29, 0.717) is 22.6 Å². The molecule has 0 N–H and O–H groups in total. The number of rotatable bonds is 4. The quantitative estimate of drug-likeness (QED) is 0.475. The third-order valence-electron chi connectivity index (χ3n) is 3.91. The molecule has 0 amide bonds. The van der Waals surface area contributed by atoms with Crippen LogP contribution in [0.4, 0.5) is 0 Å². The van der Waals surface area contributed by atoms with Crippen LogP contribution in [0.25, 0.3) is 11.3 Å². The lowest BCUT2D eigenvalue weighted by Gasteiger charge is -2.21. The molecule has 2 aromatic carbocycles. The number of carbonyl (C=O) groups is 1. The third-order valence-corrected chi connectivity index (χ3v) is 3.91. The normalized spacial score (nSPS) is 14.3. The van der Waals surface area contributed by atoms with Crippen molar-refractivity contribution in [1.29, 1.82) is 5.26 Å². The number of carbonyl (C=O) groups excluding carboxylic acids is 1. The highest BCUT2D eigenvalue weighted by atomic mass is 16.5. The molecule has 1 aliphatic heterocycles. The van der Waals surface area contributed by atoms with Gasteiger partial charge in [0.2, 0.25) is 0 Å². The first-order valence-corrected chi connectivity index (χ1v) is 8.12. The fourth-order valence-electron chi connectivity index (χ4n) is 2.66. The van der Waals surface area contributed by atoms with Gasteiger partial charge in [-0.2, -0.15) is 5.26 Å². The van der Waals surface area contributed by atoms with E-state index in [4.69, 9.17) is 14.2 Å². The van der Waals surface area contributed by atoms with E-state index in [0.717, 1.165) is 11.3 Å². The summed E-state index contributed by atoms with van der Waals surface area (Å²) in [5.41, 5.74) is 1.92. The minimum atomic E-state index is -0.646. The maximum Gasteiger partial charge on any atom is 0.349 e. The molecule has 1 heterocycles. The predicted molar refractivity (Wildman–Crippen MR) is 97.2 cm³/mol. The van der Waals surface area contributed by atoms with Crippen LogP contribution in [0.1, 0.15) is 18.1 Å². The van der Waals surface area contributed by atoms with Gasteiger partial charge in [-0.05, 0) is 43.3 Å². The average Bonchev–Trinajstić information content (AvgIpc) is 2.68. The number of benzene rings is 2. The number of ether oxygens (including phenoxy) is 3. The van der Waals surface area contributed by atoms with Gasteiger partial charge in [-0.1, -0.05) is 18.2 Å². The minimum absolute atomic E-state index is 0.0476. The van der Waals surface area contributed by atoms with Crippen LogP contribution in [0.5, 0.6) is 11.5 Å². The molecule has 3 rings (SSSR count). The highest BCUT2D eigenvalue weighted by Gasteiger charge is 2.24. The number of nitriles is 1. The van der Waals surface area contributed by atoms with Crippen LogP contribution in [-0.2, 0) is 9.53 Å². The Balaban J connectivity index is 2.15. The van der Waals surface area contributed by atoms with Crippen LogP contribution in [-0.4, -0.2) is 19.7 Å². The molecule has 2 aromatic rings. The summed E-state index contributed by atoms with van der Waals surface area (Å²) in [6, 6.07) is 16.6. The molecule has 0 spiro atoms. The minimum Gasteiger partial charge on any atom is -0.497 e. The van der Waals surface area contributed by atoms with Gasteiger partial charge in [0.05, 0.1) is 13.7 Å². The van der Waals surface area contributed by atoms with E-state index < -0.39 is 5.97 Å². The zero-order valence-electron chi connectivity index (χ0n) is 14.5. The van der Waals surface area contributed by atoms with Crippen LogP contribution in [0, 0.1) is 11.3 Å². The molecule has 5 heteroatoms. The SMILES string of the molecule is CCOC(=O)/C(C#N)=C1/C=C(c2ccc(OC)cc2)Oc2ccccc21. The van der Waals surface area contributed by atoms with Crippen molar-refractivity contribution in [2.24, 2.45) is 0 Å². The van der Waals surface area contributed by atoms with E-state index in [1.807, 2.05) is 48.5 Å². The number of fused-ring (bicyclic) bond motifs is 1. The van der Waals surface area contributed by atoms with Crippen LogP contribution in [0.3, 0.4) is 0 Å². The number of allylic oxidation sites excluding steroid dienone is 2. The van der Waals surface area contributed by atoms with Crippen molar-refractivity contribution in [3.63, 3.8) is 0 Å². The molecule has 5 nitrogen and oxygen atoms in total. The number of hydrogen-bond acceptors (Lipinski definition) is 5. The van der Waals surface area contributed by atoms with Gasteiger partial charge in [0.25, 0.3) is 0 Å². The van der Waals surface area contributed by atoms with Crippen LogP contribution in [0.2, 0.25) is 0 Å². The van der Waals surface area contributed by atoms with Crippen molar-refractivity contribution < 1.29 is 19.0 Å². The maximum absolute atomic E-state index is 12.2. The van der Waals surface area contributed by atoms with Crippen molar-refractivity contribution in [2.75, 3.05) is 13.7 Å². The van der Waals surface area contributed by atoms with E-state index >= 15 is 0 Å². The molecular formula is C21H17NO4. The van der Waals surface area contributed by atoms with Crippen LogP contribution in [0.15, 0.2) is 60.2 Å². The van der Waals surface area contributed by atoms with Crippen molar-refractivity contribution in [3.8, 4) is 17.6 Å². The summed E-state index contributed by atoms with van der Waals surface area (Å²) in [5.74, 6) is 1.20. The smallest absolute Gasteiger partial charge is 0.349 e. The fourth-order valence-corrected chi connectivity index (χ4v) is 2.66. The second-order valence-corrected chi connectivity index (χ2v) is 5.46. The third kappa shape index (κ3) is 3.31. The Morgan fingerprint density at radius 3 is 2.54 bits per heavy atom. The summed E-state index contributed by atoms with van der Waals surface area (Å²) in [6.45, 7) is 1.90. The van der Waals surface area contributed by atoms with E-state index in [-0.39, 0.29) is 12.2 Å². The number of methoxy groups -OCH3 is 1. The molecule has 0 unspecified atom stereocenters. The van der Waals surface area contributed by atoms with Crippen molar-refractivity contribution >= 4 is 17.3 Å². The van der Waals surface area contributed by atoms with Crippen molar-refractivity contribution in [3.05, 3.63) is 71.3 Å². The molecule has 0 saturated heterocycles. The van der Waals surface area contributed by atoms with E-state index in [1.165, 1.54) is 0 Å². The van der Waals surface area contributed by atoms with Crippen molar-refractivity contribution in [1.82, 2.24) is 0 Å². The summed E-state index contributed by atoms with van der Waals surface area (Å²) >= 11 is 0. The van der Waals surface area contributed by atoms with Gasteiger partial charge in [0, 0.05) is 16.7 Å². The summed E-state index contributed by atoms with van der Waals surface area (Å²) in [7, 11) is 1.60. The summed E-state index contributed by atoms with van der Waals surface area (Å²) in [5, 5.41) is 9.53. The Bertz CT molecular complexity index is 933. The number of hydrogen-bond donors (Lipinski definition) is 0. The van der Waals surface area contributed by atoms with Gasteiger partial charge in [-0.25, -0.2) is 4.79 Å². The summed E-state index contributed by atoms with van der Waals surface area (Å²) in [6.07, 6.45) is 1.69. The van der Waals surface area contributed by atoms with Crippen LogP contribution >= 0.6 is 0 Å². The Morgan fingerprint density at radius 1 is 1.15 bits per heavy atom. The van der Waals surface area contributed by atoms with Gasteiger partial charge in [-0.3, -0.25) is 0 Å². The Morgan fingerprint density at radius 2 is 1.88 bits per heavy atom. The van der Waals surface area contributed by atoms with Gasteiger partial charge >= 0.3 is 5.97 Å². The van der Waals surface area contributed by atoms with Gasteiger partial charge < -0.3 is 14.2 Å². The molecule has 130 valence electrons. The highest BCUT2D eigenvalue weighted by molar-refractivity contribution is 6.06. The fraction of sp³-hybridized carbons (Fsp3) is 0.143. The molecule has 0 radical (unpaired) electrons. The monoisotopic (exact) mass is 347 g/mol. The van der Waals surface area contributed by atoms with E-state index in [9.17, 15) is 10.1 Å². The molecule has 0 atom stereocenters. The second-order valence-electron chi connectivity index (χ2n) is 5.46. The Labute approximate surface area is 151 Å². The van der Waals surface area contributed by atoms with Crippen molar-refractivity contribution in [2.45, 2.75) is 6.92 Å². The summed E-state index contributed by atoms with van der Waals surface area (Å²) in [4.78, 5) is 12.2. The first-order chi connectivity index (χ1) is 12.7. The van der Waals surface area contributed by atoms with E-state index in [2.05, 4.69) is 0 Å². The average molecular weight is 347 g/mol. The lowest BCUT2D eigenvalue weighted by Crippen LogP contribution is -2.11. The standard InChI is InChI=1S/C21H17NO4/c1-3-25-21(23)18(13-22)17-12-20(14-8-10-15(24-2)11-9-14)26-19-7-5-4-6-16(17)19/h4-12H,3H2,1-2H3/b18-17-. The predicted octanol–water partition coefficient (Wildman–Crippen LogP) is 3.97. The molecule has 1 aliphatic rings. The zero-order valence-corrected chi connectivity index (χ0v) is 14.5. The molecule has 0 saturated carbocycles. The lowest BCUT2D eigenvalue weighted by molar-refractivity contribution is -0.137. The topological polar surface area (TPSA) is 68.6 Å². The first-order valence-electron chi connectivity index (χ1n) is 8.12. The van der Waals surface area contributed by atoms with Gasteiger partial charge in [-0.15, -0.1) is 0 Å². The molecule has 26 heavy (non-hydrogen) atoms.